The summed E-state index contributed by atoms with van der Waals surface area (Å²) < 4.78 is 2.53. The largest absolute Gasteiger partial charge is 0.344 e. The number of rotatable bonds is 2. The lowest BCUT2D eigenvalue weighted by Crippen LogP contribution is -2.52. The second-order valence-electron chi connectivity index (χ2n) is 7.75. The molecule has 2 aliphatic rings. The second-order valence-corrected chi connectivity index (χ2v) is 7.75. The van der Waals surface area contributed by atoms with E-state index in [1.807, 2.05) is 4.90 Å². The van der Waals surface area contributed by atoms with Crippen molar-refractivity contribution in [1.82, 2.24) is 14.4 Å². The van der Waals surface area contributed by atoms with E-state index in [1.54, 1.807) is 6.92 Å². The number of benzene rings is 1. The third-order valence-electron chi connectivity index (χ3n) is 6.23. The van der Waals surface area contributed by atoms with E-state index in [1.165, 1.54) is 42.1 Å². The summed E-state index contributed by atoms with van der Waals surface area (Å²) in [5, 5.41) is 1.36. The van der Waals surface area contributed by atoms with E-state index in [-0.39, 0.29) is 5.91 Å². The van der Waals surface area contributed by atoms with Crippen LogP contribution in [0.1, 0.15) is 44.2 Å². The van der Waals surface area contributed by atoms with Gasteiger partial charge in [-0.15, -0.1) is 0 Å². The van der Waals surface area contributed by atoms with Gasteiger partial charge in [-0.25, -0.2) is 0 Å². The molecule has 1 saturated carbocycles. The molecule has 0 bridgehead atoms. The van der Waals surface area contributed by atoms with Gasteiger partial charge in [-0.1, -0.05) is 18.2 Å². The Hall–Kier alpha value is -1.81. The lowest BCUT2D eigenvalue weighted by atomic mass is 9.89. The molecule has 2 fully saturated rings. The molecule has 1 aliphatic heterocycles. The molecule has 134 valence electrons. The zero-order valence-electron chi connectivity index (χ0n) is 15.4. The van der Waals surface area contributed by atoms with Gasteiger partial charge >= 0.3 is 0 Å². The predicted molar refractivity (Wildman–Crippen MR) is 102 cm³/mol. The minimum Gasteiger partial charge on any atom is -0.344 e. The fraction of sp³-hybridized carbons (Fsp3) is 0.571. The van der Waals surface area contributed by atoms with Crippen molar-refractivity contribution in [1.29, 1.82) is 0 Å². The van der Waals surface area contributed by atoms with Gasteiger partial charge in [-0.3, -0.25) is 9.69 Å². The van der Waals surface area contributed by atoms with Crippen LogP contribution >= 0.6 is 0 Å². The average Bonchev–Trinajstić information content (AvgIpc) is 3.07. The highest BCUT2D eigenvalue weighted by atomic mass is 16.2. The minimum atomic E-state index is 0.218. The smallest absolute Gasteiger partial charge is 0.219 e. The molecule has 4 rings (SSSR count). The van der Waals surface area contributed by atoms with Crippen molar-refractivity contribution < 1.29 is 4.79 Å². The fourth-order valence-electron chi connectivity index (χ4n) is 4.83. The highest BCUT2D eigenvalue weighted by Crippen LogP contribution is 2.35. The second kappa shape index (κ2) is 6.83. The van der Waals surface area contributed by atoms with Crippen molar-refractivity contribution in [2.75, 3.05) is 26.2 Å². The summed E-state index contributed by atoms with van der Waals surface area (Å²) in [5.74, 6) is 0.218. The molecule has 1 aromatic heterocycles. The van der Waals surface area contributed by atoms with Crippen molar-refractivity contribution in [3.05, 3.63) is 36.0 Å². The SMILES string of the molecule is CC(=O)N1CCN([C@H]2CCC[C@@H](n3ccc4cccc(C)c43)C2)CC1. The van der Waals surface area contributed by atoms with Gasteiger partial charge in [0.25, 0.3) is 0 Å². The number of aromatic nitrogens is 1. The van der Waals surface area contributed by atoms with E-state index < -0.39 is 0 Å². The van der Waals surface area contributed by atoms with E-state index in [4.69, 9.17) is 0 Å². The summed E-state index contributed by atoms with van der Waals surface area (Å²) >= 11 is 0. The Morgan fingerprint density at radius 1 is 1.04 bits per heavy atom. The van der Waals surface area contributed by atoms with Crippen LogP contribution in [-0.2, 0) is 4.79 Å². The number of carbonyl (C=O) groups is 1. The Kier molecular flexibility index (Phi) is 4.55. The van der Waals surface area contributed by atoms with Crippen LogP contribution in [0.3, 0.4) is 0 Å². The summed E-state index contributed by atoms with van der Waals surface area (Å²) in [6.07, 6.45) is 7.40. The predicted octanol–water partition coefficient (Wildman–Crippen LogP) is 3.60. The molecule has 1 saturated heterocycles. The van der Waals surface area contributed by atoms with Crippen LogP contribution in [0.5, 0.6) is 0 Å². The molecule has 0 radical (unpaired) electrons. The van der Waals surface area contributed by atoms with E-state index in [0.717, 1.165) is 26.2 Å². The quantitative estimate of drug-likeness (QED) is 0.836. The van der Waals surface area contributed by atoms with E-state index in [2.05, 4.69) is 46.9 Å². The topological polar surface area (TPSA) is 28.5 Å². The third kappa shape index (κ3) is 3.20. The highest BCUT2D eigenvalue weighted by Gasteiger charge is 2.30. The summed E-state index contributed by atoms with van der Waals surface area (Å²) in [7, 11) is 0. The first-order valence-corrected chi connectivity index (χ1v) is 9.69. The van der Waals surface area contributed by atoms with Crippen molar-refractivity contribution in [3.8, 4) is 0 Å². The molecular formula is C21H29N3O. The first-order valence-electron chi connectivity index (χ1n) is 9.69. The number of fused-ring (bicyclic) bond motifs is 1. The van der Waals surface area contributed by atoms with Gasteiger partial charge in [0.1, 0.15) is 0 Å². The number of aryl methyl sites for hydroxylation is 1. The van der Waals surface area contributed by atoms with Crippen LogP contribution in [-0.4, -0.2) is 52.5 Å². The van der Waals surface area contributed by atoms with E-state index >= 15 is 0 Å². The Morgan fingerprint density at radius 3 is 2.56 bits per heavy atom. The average molecular weight is 339 g/mol. The van der Waals surface area contributed by atoms with Crippen molar-refractivity contribution in [2.45, 2.75) is 51.6 Å². The molecule has 2 aromatic rings. The molecule has 2 heterocycles. The molecule has 2 atom stereocenters. The van der Waals surface area contributed by atoms with Gasteiger partial charge in [0.05, 0.1) is 5.52 Å². The summed E-state index contributed by atoms with van der Waals surface area (Å²) in [6, 6.07) is 10.1. The van der Waals surface area contributed by atoms with E-state index in [0.29, 0.717) is 12.1 Å². The zero-order chi connectivity index (χ0) is 17.4. The molecule has 4 heteroatoms. The minimum absolute atomic E-state index is 0.218. The van der Waals surface area contributed by atoms with Crippen LogP contribution in [0.4, 0.5) is 0 Å². The Balaban J connectivity index is 1.49. The Morgan fingerprint density at radius 2 is 1.80 bits per heavy atom. The van der Waals surface area contributed by atoms with Crippen LogP contribution in [0.2, 0.25) is 0 Å². The Bertz CT molecular complexity index is 758. The third-order valence-corrected chi connectivity index (χ3v) is 6.23. The molecule has 1 amide bonds. The molecular weight excluding hydrogens is 310 g/mol. The monoisotopic (exact) mass is 339 g/mol. The number of carbonyl (C=O) groups excluding carboxylic acids is 1. The van der Waals surface area contributed by atoms with Crippen molar-refractivity contribution in [3.63, 3.8) is 0 Å². The van der Waals surface area contributed by atoms with Gasteiger partial charge < -0.3 is 9.47 Å². The number of hydrogen-bond donors (Lipinski definition) is 0. The number of amides is 1. The van der Waals surface area contributed by atoms with Crippen molar-refractivity contribution in [2.24, 2.45) is 0 Å². The highest BCUT2D eigenvalue weighted by molar-refractivity contribution is 5.83. The molecule has 1 aromatic carbocycles. The molecule has 25 heavy (non-hydrogen) atoms. The normalized spacial score (nSPS) is 25.4. The van der Waals surface area contributed by atoms with Gasteiger partial charge in [0, 0.05) is 51.4 Å². The number of para-hydroxylation sites is 1. The maximum Gasteiger partial charge on any atom is 0.219 e. The molecule has 0 N–H and O–H groups in total. The van der Waals surface area contributed by atoms with Gasteiger partial charge in [-0.2, -0.15) is 0 Å². The lowest BCUT2D eigenvalue weighted by Gasteiger charge is -2.42. The van der Waals surface area contributed by atoms with Crippen LogP contribution in [0.25, 0.3) is 10.9 Å². The number of hydrogen-bond acceptors (Lipinski definition) is 2. The van der Waals surface area contributed by atoms with Crippen LogP contribution < -0.4 is 0 Å². The molecule has 0 unspecified atom stereocenters. The first-order chi connectivity index (χ1) is 12.1. The van der Waals surface area contributed by atoms with Gasteiger partial charge in [0.2, 0.25) is 5.91 Å². The van der Waals surface area contributed by atoms with Crippen molar-refractivity contribution >= 4 is 16.8 Å². The first kappa shape index (κ1) is 16.6. The molecule has 4 nitrogen and oxygen atoms in total. The Labute approximate surface area is 150 Å². The maximum atomic E-state index is 11.5. The van der Waals surface area contributed by atoms with Gasteiger partial charge in [-0.05, 0) is 49.6 Å². The number of piperazine rings is 1. The molecule has 0 spiro atoms. The summed E-state index contributed by atoms with van der Waals surface area (Å²) in [5.41, 5.74) is 2.79. The maximum absolute atomic E-state index is 11.5. The molecule has 1 aliphatic carbocycles. The standard InChI is InChI=1S/C21H29N3O/c1-16-5-3-6-18-9-10-24(21(16)18)20-8-4-7-19(15-20)23-13-11-22(12-14-23)17(2)25/h3,5-6,9-10,19-20H,4,7-8,11-15H2,1-2H3/t19-,20+/m0/s1. The summed E-state index contributed by atoms with van der Waals surface area (Å²) in [4.78, 5) is 16.2. The van der Waals surface area contributed by atoms with E-state index in [9.17, 15) is 4.79 Å². The van der Waals surface area contributed by atoms with Crippen LogP contribution in [0.15, 0.2) is 30.5 Å². The lowest BCUT2D eigenvalue weighted by molar-refractivity contribution is -0.131. The van der Waals surface area contributed by atoms with Gasteiger partial charge in [0.15, 0.2) is 0 Å². The fourth-order valence-corrected chi connectivity index (χ4v) is 4.83. The van der Waals surface area contributed by atoms with Crippen LogP contribution in [0, 0.1) is 6.92 Å². The summed E-state index contributed by atoms with van der Waals surface area (Å²) in [6.45, 7) is 7.75. The number of nitrogens with zero attached hydrogens (tertiary/aromatic N) is 3. The zero-order valence-corrected chi connectivity index (χ0v) is 15.4.